The maximum atomic E-state index is 6.30. The van der Waals surface area contributed by atoms with Crippen LogP contribution in [-0.4, -0.2) is 9.97 Å². The van der Waals surface area contributed by atoms with Crippen LogP contribution in [0.5, 0.6) is 5.75 Å². The van der Waals surface area contributed by atoms with Crippen LogP contribution in [0, 0.1) is 13.8 Å². The molecule has 6 heteroatoms. The summed E-state index contributed by atoms with van der Waals surface area (Å²) in [6.07, 6.45) is 0. The summed E-state index contributed by atoms with van der Waals surface area (Å²) < 4.78 is 7.66. The number of hydrogen-bond donors (Lipinski definition) is 1. The molecule has 0 fully saturated rings. The number of H-pyrrole nitrogens is 1. The monoisotopic (exact) mass is 442 g/mol. The van der Waals surface area contributed by atoms with E-state index in [4.69, 9.17) is 16.3 Å². The number of benzene rings is 2. The lowest BCUT2D eigenvalue weighted by Gasteiger charge is -2.15. The number of ether oxygens (including phenoxy) is 1. The third kappa shape index (κ3) is 2.77. The molecule has 0 amide bonds. The number of para-hydroxylation sites is 2. The molecule has 3 nitrogen and oxygen atoms in total. The molecule has 0 saturated heterocycles. The largest absolute Gasteiger partial charge is 0.483 e. The third-order valence-electron chi connectivity index (χ3n) is 3.51. The molecule has 0 aliphatic carbocycles. The van der Waals surface area contributed by atoms with E-state index in [9.17, 15) is 0 Å². The van der Waals surface area contributed by atoms with Crippen LogP contribution in [0.25, 0.3) is 11.0 Å². The summed E-state index contributed by atoms with van der Waals surface area (Å²) in [6.45, 7) is 4.27. The Morgan fingerprint density at radius 3 is 2.41 bits per heavy atom. The van der Waals surface area contributed by atoms with Gasteiger partial charge in [-0.1, -0.05) is 23.7 Å². The zero-order valence-corrected chi connectivity index (χ0v) is 15.9. The van der Waals surface area contributed by atoms with Crippen LogP contribution < -0.4 is 4.74 Å². The third-order valence-corrected chi connectivity index (χ3v) is 5.98. The number of aromatic nitrogens is 2. The van der Waals surface area contributed by atoms with E-state index in [0.717, 1.165) is 47.7 Å². The number of aromatic amines is 1. The molecule has 22 heavy (non-hydrogen) atoms. The Morgan fingerprint density at radius 1 is 1.14 bits per heavy atom. The highest BCUT2D eigenvalue weighted by Crippen LogP contribution is 2.43. The predicted molar refractivity (Wildman–Crippen MR) is 96.8 cm³/mol. The first-order chi connectivity index (χ1) is 10.5. The van der Waals surface area contributed by atoms with Crippen molar-refractivity contribution in [1.29, 1.82) is 0 Å². The first-order valence-electron chi connectivity index (χ1n) is 6.69. The van der Waals surface area contributed by atoms with Gasteiger partial charge in [-0.2, -0.15) is 0 Å². The van der Waals surface area contributed by atoms with E-state index in [-0.39, 0.29) is 0 Å². The van der Waals surface area contributed by atoms with E-state index >= 15 is 0 Å². The van der Waals surface area contributed by atoms with Gasteiger partial charge in [0.25, 0.3) is 0 Å². The van der Waals surface area contributed by atoms with Crippen LogP contribution in [-0.2, 0) is 6.61 Å². The van der Waals surface area contributed by atoms with Gasteiger partial charge in [-0.05, 0) is 69.0 Å². The Balaban J connectivity index is 1.90. The van der Waals surface area contributed by atoms with E-state index in [1.165, 1.54) is 0 Å². The Labute approximate surface area is 150 Å². The van der Waals surface area contributed by atoms with Crippen LogP contribution in [0.15, 0.2) is 33.2 Å². The fourth-order valence-corrected chi connectivity index (χ4v) is 3.96. The number of nitrogens with zero attached hydrogens (tertiary/aromatic N) is 1. The number of rotatable bonds is 3. The molecule has 3 aromatic rings. The maximum Gasteiger partial charge on any atom is 0.148 e. The van der Waals surface area contributed by atoms with Crippen molar-refractivity contribution < 1.29 is 4.74 Å². The van der Waals surface area contributed by atoms with Crippen molar-refractivity contribution in [2.45, 2.75) is 20.5 Å². The van der Waals surface area contributed by atoms with Gasteiger partial charge in [0.15, 0.2) is 0 Å². The fourth-order valence-electron chi connectivity index (χ4n) is 2.25. The summed E-state index contributed by atoms with van der Waals surface area (Å²) in [7, 11) is 0. The maximum absolute atomic E-state index is 6.30. The van der Waals surface area contributed by atoms with Crippen molar-refractivity contribution in [3.8, 4) is 5.75 Å². The number of halogens is 3. The van der Waals surface area contributed by atoms with Crippen molar-refractivity contribution in [3.63, 3.8) is 0 Å². The predicted octanol–water partition coefficient (Wildman–Crippen LogP) is 5.94. The summed E-state index contributed by atoms with van der Waals surface area (Å²) >= 11 is 13.4. The topological polar surface area (TPSA) is 37.9 Å². The van der Waals surface area contributed by atoms with Gasteiger partial charge in [0.1, 0.15) is 18.2 Å². The first-order valence-corrected chi connectivity index (χ1v) is 8.65. The summed E-state index contributed by atoms with van der Waals surface area (Å²) in [6, 6.07) is 7.91. The second kappa shape index (κ2) is 6.22. The molecule has 0 radical (unpaired) electrons. The quantitative estimate of drug-likeness (QED) is 0.543. The molecule has 1 N–H and O–H groups in total. The lowest BCUT2D eigenvalue weighted by Crippen LogP contribution is -2.01. The van der Waals surface area contributed by atoms with Crippen LogP contribution in [0.2, 0.25) is 5.02 Å². The Hall–Kier alpha value is -1.04. The standard InChI is InChI=1S/C16H13Br2ClN2O/c1-8-13(17)16(14(18)9(2)15(8)19)22-7-12-20-10-5-3-4-6-11(10)21-12/h3-6H,7H2,1-2H3,(H,20,21). The van der Waals surface area contributed by atoms with Crippen molar-refractivity contribution >= 4 is 54.5 Å². The zero-order valence-electron chi connectivity index (χ0n) is 12.0. The minimum Gasteiger partial charge on any atom is -0.483 e. The highest BCUT2D eigenvalue weighted by molar-refractivity contribution is 9.11. The summed E-state index contributed by atoms with van der Waals surface area (Å²) in [4.78, 5) is 7.76. The van der Waals surface area contributed by atoms with Gasteiger partial charge in [-0.15, -0.1) is 0 Å². The molecule has 0 aliphatic heterocycles. The Kier molecular flexibility index (Phi) is 4.48. The number of fused-ring (bicyclic) bond motifs is 1. The van der Waals surface area contributed by atoms with E-state index in [0.29, 0.717) is 6.61 Å². The lowest BCUT2D eigenvalue weighted by atomic mass is 10.1. The van der Waals surface area contributed by atoms with Crippen LogP contribution in [0.3, 0.4) is 0 Å². The first kappa shape index (κ1) is 15.8. The molecule has 0 unspecified atom stereocenters. The minimum absolute atomic E-state index is 0.354. The number of nitrogens with one attached hydrogen (secondary N) is 1. The smallest absolute Gasteiger partial charge is 0.148 e. The summed E-state index contributed by atoms with van der Waals surface area (Å²) in [5.74, 6) is 1.52. The molecule has 1 heterocycles. The van der Waals surface area contributed by atoms with Crippen LogP contribution >= 0.6 is 43.5 Å². The van der Waals surface area contributed by atoms with Crippen molar-refractivity contribution in [1.82, 2.24) is 9.97 Å². The molecule has 3 rings (SSSR count). The van der Waals surface area contributed by atoms with Crippen LogP contribution in [0.4, 0.5) is 0 Å². The van der Waals surface area contributed by atoms with E-state index in [1.54, 1.807) is 0 Å². The molecule has 0 saturated carbocycles. The van der Waals surface area contributed by atoms with E-state index in [1.807, 2.05) is 38.1 Å². The van der Waals surface area contributed by atoms with E-state index < -0.39 is 0 Å². The average molecular weight is 445 g/mol. The van der Waals surface area contributed by atoms with Crippen molar-refractivity contribution in [3.05, 3.63) is 55.2 Å². The zero-order chi connectivity index (χ0) is 15.9. The van der Waals surface area contributed by atoms with Gasteiger partial charge in [-0.3, -0.25) is 0 Å². The normalized spacial score (nSPS) is 11.1. The Bertz CT molecular complexity index is 799. The number of hydrogen-bond acceptors (Lipinski definition) is 2. The molecule has 0 aliphatic rings. The van der Waals surface area contributed by atoms with Gasteiger partial charge in [0, 0.05) is 5.02 Å². The summed E-state index contributed by atoms with van der Waals surface area (Å²) in [5, 5.41) is 0.731. The van der Waals surface area contributed by atoms with Gasteiger partial charge in [0.05, 0.1) is 20.0 Å². The van der Waals surface area contributed by atoms with E-state index in [2.05, 4.69) is 41.8 Å². The molecule has 2 aromatic carbocycles. The molecule has 114 valence electrons. The SMILES string of the molecule is Cc1c(Cl)c(C)c(Br)c(OCc2nc3ccccc3[nH]2)c1Br. The fraction of sp³-hybridized carbons (Fsp3) is 0.188. The molecule has 1 aromatic heterocycles. The van der Waals surface area contributed by atoms with Crippen molar-refractivity contribution in [2.75, 3.05) is 0 Å². The molecule has 0 spiro atoms. The average Bonchev–Trinajstić information content (AvgIpc) is 2.94. The molecular weight excluding hydrogens is 431 g/mol. The summed E-state index contributed by atoms with van der Waals surface area (Å²) in [5.41, 5.74) is 3.86. The highest BCUT2D eigenvalue weighted by Gasteiger charge is 2.17. The van der Waals surface area contributed by atoms with Gasteiger partial charge in [-0.25, -0.2) is 4.98 Å². The van der Waals surface area contributed by atoms with Crippen LogP contribution in [0.1, 0.15) is 17.0 Å². The number of imidazole rings is 1. The molecule has 0 bridgehead atoms. The second-order valence-electron chi connectivity index (χ2n) is 5.01. The second-order valence-corrected chi connectivity index (χ2v) is 6.97. The Morgan fingerprint density at radius 2 is 1.77 bits per heavy atom. The van der Waals surface area contributed by atoms with Gasteiger partial charge < -0.3 is 9.72 Å². The van der Waals surface area contributed by atoms with Gasteiger partial charge in [0.2, 0.25) is 0 Å². The highest BCUT2D eigenvalue weighted by atomic mass is 79.9. The minimum atomic E-state index is 0.354. The molecule has 0 atom stereocenters. The van der Waals surface area contributed by atoms with Gasteiger partial charge >= 0.3 is 0 Å². The molecular formula is C16H13Br2ClN2O. The lowest BCUT2D eigenvalue weighted by molar-refractivity contribution is 0.293. The van der Waals surface area contributed by atoms with Crippen molar-refractivity contribution in [2.24, 2.45) is 0 Å².